The van der Waals surface area contributed by atoms with Crippen molar-refractivity contribution in [3.8, 4) is 0 Å². The monoisotopic (exact) mass is 433 g/mol. The molecular formula is C17H31NO4Sn. The van der Waals surface area contributed by atoms with Crippen LogP contribution < -0.4 is 0 Å². The molecule has 1 saturated heterocycles. The molecule has 0 aromatic rings. The second-order valence-corrected chi connectivity index (χ2v) is 23.9. The van der Waals surface area contributed by atoms with Gasteiger partial charge < -0.3 is 0 Å². The fourth-order valence-corrected chi connectivity index (χ4v) is 10.0. The van der Waals surface area contributed by atoms with E-state index in [1.165, 1.54) is 26.4 Å². The predicted octanol–water partition coefficient (Wildman–Crippen LogP) is 3.51. The average molecular weight is 432 g/mol. The summed E-state index contributed by atoms with van der Waals surface area (Å²) in [6.45, 7) is 2.78. The van der Waals surface area contributed by atoms with E-state index in [2.05, 4.69) is 14.8 Å². The molecule has 0 aromatic carbocycles. The summed E-state index contributed by atoms with van der Waals surface area (Å²) in [5.41, 5.74) is 0. The second kappa shape index (κ2) is 7.62. The fraction of sp³-hybridized carbons (Fsp3) is 0.882. The molecular weight excluding hydrogens is 401 g/mol. The van der Waals surface area contributed by atoms with E-state index in [9.17, 15) is 9.59 Å². The molecule has 132 valence electrons. The number of likely N-dealkylation sites (tertiary alicyclic amines) is 1. The standard InChI is InChI=1S/C14H22NO4.3CH3.Sn/c1-3-19-13(16)12-8-10-6-4-5-7-11(10)9-15(12)14(17)18-2;;;;/h4,10-12H,3,5-9H2,1-2H3;3*1H3;. The molecule has 2 aliphatic rings. The van der Waals surface area contributed by atoms with E-state index >= 15 is 0 Å². The van der Waals surface area contributed by atoms with Crippen molar-refractivity contribution in [1.82, 2.24) is 4.90 Å². The van der Waals surface area contributed by atoms with Crippen LogP contribution in [0.25, 0.3) is 0 Å². The summed E-state index contributed by atoms with van der Waals surface area (Å²) < 4.78 is 11.0. The summed E-state index contributed by atoms with van der Waals surface area (Å²) in [5, 5.41) is 0. The van der Waals surface area contributed by atoms with Gasteiger partial charge in [0.1, 0.15) is 0 Å². The Hall–Kier alpha value is -0.461. The number of methoxy groups -OCH3 is 1. The summed E-state index contributed by atoms with van der Waals surface area (Å²) in [6, 6.07) is -0.474. The maximum absolute atomic E-state index is 12.3. The van der Waals surface area contributed by atoms with Crippen molar-refractivity contribution in [3.63, 3.8) is 0 Å². The first-order chi connectivity index (χ1) is 10.8. The van der Waals surface area contributed by atoms with Crippen molar-refractivity contribution in [2.45, 2.75) is 57.4 Å². The van der Waals surface area contributed by atoms with Crippen LogP contribution in [-0.2, 0) is 14.3 Å². The number of esters is 1. The number of carbonyl (C=O) groups is 2. The zero-order valence-electron chi connectivity index (χ0n) is 15.1. The molecule has 4 atom stereocenters. The van der Waals surface area contributed by atoms with Crippen molar-refractivity contribution < 1.29 is 19.1 Å². The number of nitrogens with zero attached hydrogens (tertiary/aromatic N) is 1. The number of piperidine rings is 1. The SMILES string of the molecule is CCOC(=O)C1CC2C[CH]([Sn]([CH3])([CH3])[CH3])CCC2CN1C(=O)OC. The van der Waals surface area contributed by atoms with Gasteiger partial charge >= 0.3 is 144 Å². The van der Waals surface area contributed by atoms with Crippen molar-refractivity contribution in [1.29, 1.82) is 0 Å². The van der Waals surface area contributed by atoms with E-state index < -0.39 is 30.5 Å². The first-order valence-corrected chi connectivity index (χ1v) is 19.0. The van der Waals surface area contributed by atoms with Gasteiger partial charge in [0.25, 0.3) is 0 Å². The summed E-state index contributed by atoms with van der Waals surface area (Å²) in [7, 11) is 1.38. The fourth-order valence-electron chi connectivity index (χ4n) is 4.22. The first-order valence-electron chi connectivity index (χ1n) is 8.79. The maximum atomic E-state index is 12.3. The van der Waals surface area contributed by atoms with Crippen LogP contribution in [0, 0.1) is 11.8 Å². The molecule has 2 rings (SSSR count). The van der Waals surface area contributed by atoms with Crippen molar-refractivity contribution in [2.75, 3.05) is 20.3 Å². The molecule has 23 heavy (non-hydrogen) atoms. The van der Waals surface area contributed by atoms with Crippen LogP contribution in [0.4, 0.5) is 4.79 Å². The number of hydrogen-bond donors (Lipinski definition) is 0. The van der Waals surface area contributed by atoms with Crippen LogP contribution in [0.1, 0.15) is 32.6 Å². The first kappa shape index (κ1) is 18.9. The van der Waals surface area contributed by atoms with Crippen LogP contribution in [-0.4, -0.2) is 61.6 Å². The Morgan fingerprint density at radius 3 is 2.39 bits per heavy atom. The Labute approximate surface area is 143 Å². The third-order valence-electron chi connectivity index (χ3n) is 5.67. The van der Waals surface area contributed by atoms with E-state index in [1.54, 1.807) is 11.8 Å². The molecule has 1 saturated carbocycles. The Kier molecular flexibility index (Phi) is 6.25. The number of rotatable bonds is 3. The van der Waals surface area contributed by atoms with Gasteiger partial charge in [0, 0.05) is 0 Å². The molecule has 0 aromatic heterocycles. The molecule has 4 unspecified atom stereocenters. The van der Waals surface area contributed by atoms with Crippen molar-refractivity contribution in [3.05, 3.63) is 0 Å². The molecule has 5 nitrogen and oxygen atoms in total. The molecule has 1 amide bonds. The zero-order valence-corrected chi connectivity index (χ0v) is 18.0. The molecule has 2 fully saturated rings. The topological polar surface area (TPSA) is 55.8 Å². The molecule has 0 radical (unpaired) electrons. The van der Waals surface area contributed by atoms with Gasteiger partial charge in [0.2, 0.25) is 0 Å². The summed E-state index contributed by atoms with van der Waals surface area (Å²) in [6.07, 6.45) is 4.03. The predicted molar refractivity (Wildman–Crippen MR) is 92.1 cm³/mol. The molecule has 1 aliphatic carbocycles. The van der Waals surface area contributed by atoms with Gasteiger partial charge in [-0.2, -0.15) is 0 Å². The number of ether oxygens (including phenoxy) is 2. The Balaban J connectivity index is 2.14. The van der Waals surface area contributed by atoms with Gasteiger partial charge in [-0.1, -0.05) is 0 Å². The van der Waals surface area contributed by atoms with Crippen molar-refractivity contribution in [2.24, 2.45) is 11.8 Å². The quantitative estimate of drug-likeness (QED) is 0.506. The Morgan fingerprint density at radius 1 is 1.13 bits per heavy atom. The van der Waals surface area contributed by atoms with E-state index in [0.29, 0.717) is 25.0 Å². The van der Waals surface area contributed by atoms with Crippen LogP contribution >= 0.6 is 0 Å². The minimum atomic E-state index is -1.91. The van der Waals surface area contributed by atoms with Crippen LogP contribution in [0.2, 0.25) is 18.8 Å². The Bertz CT molecular complexity index is 448. The normalized spacial score (nSPS) is 31.3. The molecule has 1 aliphatic heterocycles. The molecule has 0 N–H and O–H groups in total. The number of fused-ring (bicyclic) bond motifs is 1. The molecule has 0 bridgehead atoms. The summed E-state index contributed by atoms with van der Waals surface area (Å²) in [5.74, 6) is 0.766. The van der Waals surface area contributed by atoms with Gasteiger partial charge in [0.15, 0.2) is 0 Å². The van der Waals surface area contributed by atoms with Crippen LogP contribution in [0.3, 0.4) is 0 Å². The molecule has 6 heteroatoms. The zero-order chi connectivity index (χ0) is 17.2. The molecule has 0 spiro atoms. The number of amides is 1. The van der Waals surface area contributed by atoms with Gasteiger partial charge in [-0.15, -0.1) is 0 Å². The van der Waals surface area contributed by atoms with E-state index in [0.717, 1.165) is 10.4 Å². The minimum absolute atomic E-state index is 0.280. The number of carbonyl (C=O) groups excluding carboxylic acids is 2. The Morgan fingerprint density at radius 2 is 1.83 bits per heavy atom. The average Bonchev–Trinajstić information content (AvgIpc) is 2.51. The van der Waals surface area contributed by atoms with Gasteiger partial charge in [0.05, 0.1) is 0 Å². The third-order valence-corrected chi connectivity index (χ3v) is 14.2. The van der Waals surface area contributed by atoms with E-state index in [-0.39, 0.29) is 5.97 Å². The van der Waals surface area contributed by atoms with Gasteiger partial charge in [-0.25, -0.2) is 0 Å². The van der Waals surface area contributed by atoms with Crippen molar-refractivity contribution >= 4 is 30.4 Å². The number of hydrogen-bond acceptors (Lipinski definition) is 4. The van der Waals surface area contributed by atoms with Gasteiger partial charge in [-0.3, -0.25) is 0 Å². The van der Waals surface area contributed by atoms with E-state index in [1.807, 2.05) is 0 Å². The summed E-state index contributed by atoms with van der Waals surface area (Å²) in [4.78, 5) is 33.5. The van der Waals surface area contributed by atoms with Gasteiger partial charge in [-0.05, 0) is 0 Å². The van der Waals surface area contributed by atoms with E-state index in [4.69, 9.17) is 9.47 Å². The molecule has 1 heterocycles. The van der Waals surface area contributed by atoms with Crippen LogP contribution in [0.5, 0.6) is 0 Å². The van der Waals surface area contributed by atoms with Crippen LogP contribution in [0.15, 0.2) is 0 Å². The summed E-state index contributed by atoms with van der Waals surface area (Å²) >= 11 is -1.91. The second-order valence-electron chi connectivity index (χ2n) is 8.02. The third kappa shape index (κ3) is 4.34.